The van der Waals surface area contributed by atoms with Crippen molar-refractivity contribution in [2.45, 2.75) is 51.5 Å². The summed E-state index contributed by atoms with van der Waals surface area (Å²) in [5.41, 5.74) is 2.47. The lowest BCUT2D eigenvalue weighted by Gasteiger charge is -2.32. The third-order valence-corrected chi connectivity index (χ3v) is 6.16. The van der Waals surface area contributed by atoms with Crippen LogP contribution >= 0.6 is 23.2 Å². The highest BCUT2D eigenvalue weighted by atomic mass is 35.5. The first-order valence-corrected chi connectivity index (χ1v) is 10.5. The summed E-state index contributed by atoms with van der Waals surface area (Å²) in [6.07, 6.45) is 10.3. The predicted octanol–water partition coefficient (Wildman–Crippen LogP) is 5.21. The van der Waals surface area contributed by atoms with Crippen LogP contribution in [0.25, 0.3) is 0 Å². The van der Waals surface area contributed by atoms with Crippen molar-refractivity contribution in [1.82, 2.24) is 10.2 Å². The Labute approximate surface area is 166 Å². The molecule has 2 aliphatic rings. The van der Waals surface area contributed by atoms with Gasteiger partial charge in [0.25, 0.3) is 0 Å². The molecule has 5 heteroatoms. The van der Waals surface area contributed by atoms with Gasteiger partial charge in [-0.3, -0.25) is 9.69 Å². The average Bonchev–Trinajstić information content (AvgIpc) is 2.66. The third-order valence-electron chi connectivity index (χ3n) is 5.45. The summed E-state index contributed by atoms with van der Waals surface area (Å²) in [5, 5.41) is 4.55. The quantitative estimate of drug-likeness (QED) is 0.671. The Bertz CT molecular complexity index is 639. The summed E-state index contributed by atoms with van der Waals surface area (Å²) in [5.74, 6) is 0.252. The minimum atomic E-state index is 0.0605. The number of carbonyl (C=O) groups excluding carboxylic acids is 1. The van der Waals surface area contributed by atoms with E-state index in [4.69, 9.17) is 23.2 Å². The van der Waals surface area contributed by atoms with Gasteiger partial charge in [0, 0.05) is 35.2 Å². The summed E-state index contributed by atoms with van der Waals surface area (Å²) in [6, 6.07) is 5.61. The largest absolute Gasteiger partial charge is 0.356 e. The highest BCUT2D eigenvalue weighted by Crippen LogP contribution is 2.28. The molecule has 0 aromatic heterocycles. The van der Waals surface area contributed by atoms with Crippen LogP contribution in [0.3, 0.4) is 0 Å². The van der Waals surface area contributed by atoms with Gasteiger partial charge in [0.05, 0.1) is 5.92 Å². The van der Waals surface area contributed by atoms with Crippen molar-refractivity contribution >= 4 is 29.1 Å². The van der Waals surface area contributed by atoms with Crippen LogP contribution < -0.4 is 5.32 Å². The molecule has 1 fully saturated rings. The zero-order valence-corrected chi connectivity index (χ0v) is 16.8. The molecular weight excluding hydrogens is 367 g/mol. The van der Waals surface area contributed by atoms with Gasteiger partial charge < -0.3 is 5.32 Å². The fraction of sp³-hybridized carbons (Fsp3) is 0.571. The Kier molecular flexibility index (Phi) is 7.42. The standard InChI is InChI=1S/C21H28Cl2N2O/c22-19-9-4-10-20(23)18(19)15-25-13-5-8-17(14-25)21(26)24-12-11-16-6-2-1-3-7-16/h4,6,9-10,17H,1-3,5,7-8,11-15H2,(H,24,26)/t17-/m0/s1. The van der Waals surface area contributed by atoms with Gasteiger partial charge in [-0.1, -0.05) is 40.9 Å². The van der Waals surface area contributed by atoms with Crippen molar-refractivity contribution in [1.29, 1.82) is 0 Å². The van der Waals surface area contributed by atoms with E-state index in [0.717, 1.165) is 44.5 Å². The van der Waals surface area contributed by atoms with Crippen molar-refractivity contribution in [2.75, 3.05) is 19.6 Å². The summed E-state index contributed by atoms with van der Waals surface area (Å²) in [7, 11) is 0. The van der Waals surface area contributed by atoms with Crippen LogP contribution in [-0.2, 0) is 11.3 Å². The van der Waals surface area contributed by atoms with E-state index in [0.29, 0.717) is 16.6 Å². The van der Waals surface area contributed by atoms with Crippen LogP contribution in [0.15, 0.2) is 29.8 Å². The number of carbonyl (C=O) groups is 1. The number of nitrogens with one attached hydrogen (secondary N) is 1. The zero-order chi connectivity index (χ0) is 18.4. The van der Waals surface area contributed by atoms with E-state index in [1.807, 2.05) is 18.2 Å². The maximum absolute atomic E-state index is 12.6. The van der Waals surface area contributed by atoms with Gasteiger partial charge >= 0.3 is 0 Å². The molecule has 142 valence electrons. The van der Waals surface area contributed by atoms with Gasteiger partial charge in [0.2, 0.25) is 5.91 Å². The second-order valence-electron chi connectivity index (χ2n) is 7.42. The maximum atomic E-state index is 12.6. The minimum absolute atomic E-state index is 0.0605. The summed E-state index contributed by atoms with van der Waals surface area (Å²) in [4.78, 5) is 14.9. The normalized spacial score (nSPS) is 21.3. The molecular formula is C21H28Cl2N2O. The highest BCUT2D eigenvalue weighted by Gasteiger charge is 2.26. The molecule has 0 radical (unpaired) electrons. The van der Waals surface area contributed by atoms with E-state index >= 15 is 0 Å². The Morgan fingerprint density at radius 3 is 2.73 bits per heavy atom. The number of hydrogen-bond donors (Lipinski definition) is 1. The van der Waals surface area contributed by atoms with E-state index in [9.17, 15) is 4.79 Å². The molecule has 1 N–H and O–H groups in total. The van der Waals surface area contributed by atoms with Gasteiger partial charge in [-0.2, -0.15) is 0 Å². The topological polar surface area (TPSA) is 32.3 Å². The molecule has 1 heterocycles. The fourth-order valence-corrected chi connectivity index (χ4v) is 4.46. The van der Waals surface area contributed by atoms with Crippen molar-refractivity contribution < 1.29 is 4.79 Å². The van der Waals surface area contributed by atoms with Crippen LogP contribution in [0.4, 0.5) is 0 Å². The van der Waals surface area contributed by atoms with Crippen LogP contribution in [0.1, 0.15) is 50.5 Å². The lowest BCUT2D eigenvalue weighted by atomic mass is 9.95. The Morgan fingerprint density at radius 2 is 2.00 bits per heavy atom. The number of likely N-dealkylation sites (tertiary alicyclic amines) is 1. The van der Waals surface area contributed by atoms with Crippen LogP contribution in [0.2, 0.25) is 10.0 Å². The molecule has 3 rings (SSSR count). The smallest absolute Gasteiger partial charge is 0.224 e. The molecule has 0 bridgehead atoms. The number of rotatable bonds is 6. The molecule has 3 nitrogen and oxygen atoms in total. The summed E-state index contributed by atoms with van der Waals surface area (Å²) < 4.78 is 0. The summed E-state index contributed by atoms with van der Waals surface area (Å²) >= 11 is 12.6. The lowest BCUT2D eigenvalue weighted by molar-refractivity contribution is -0.126. The first kappa shape index (κ1) is 19.7. The Morgan fingerprint density at radius 1 is 1.19 bits per heavy atom. The van der Waals surface area contributed by atoms with E-state index in [1.54, 1.807) is 0 Å². The Balaban J connectivity index is 1.48. The second kappa shape index (κ2) is 9.77. The monoisotopic (exact) mass is 394 g/mol. The number of amides is 1. The van der Waals surface area contributed by atoms with Crippen molar-refractivity contribution in [2.24, 2.45) is 5.92 Å². The first-order valence-electron chi connectivity index (χ1n) is 9.74. The second-order valence-corrected chi connectivity index (χ2v) is 8.24. The molecule has 1 atom stereocenters. The highest BCUT2D eigenvalue weighted by molar-refractivity contribution is 6.35. The van der Waals surface area contributed by atoms with Gasteiger partial charge in [-0.15, -0.1) is 0 Å². The lowest BCUT2D eigenvalue weighted by Crippen LogP contribution is -2.43. The number of nitrogens with zero attached hydrogens (tertiary/aromatic N) is 1. The molecule has 26 heavy (non-hydrogen) atoms. The average molecular weight is 395 g/mol. The SMILES string of the molecule is O=C(NCCC1=CCCCC1)[C@H]1CCCN(Cc2c(Cl)cccc2Cl)C1. The third kappa shape index (κ3) is 5.48. The van der Waals surface area contributed by atoms with Gasteiger partial charge in [-0.05, 0) is 63.6 Å². The molecule has 1 amide bonds. The van der Waals surface area contributed by atoms with Crippen molar-refractivity contribution in [3.05, 3.63) is 45.5 Å². The molecule has 0 spiro atoms. The Hall–Kier alpha value is -1.03. The van der Waals surface area contributed by atoms with Gasteiger partial charge in [-0.25, -0.2) is 0 Å². The predicted molar refractivity (Wildman–Crippen MR) is 109 cm³/mol. The van der Waals surface area contributed by atoms with Gasteiger partial charge in [0.1, 0.15) is 0 Å². The van der Waals surface area contributed by atoms with E-state index < -0.39 is 0 Å². The van der Waals surface area contributed by atoms with E-state index in [2.05, 4.69) is 16.3 Å². The molecule has 0 unspecified atom stereocenters. The van der Waals surface area contributed by atoms with Crippen LogP contribution in [0, 0.1) is 5.92 Å². The fourth-order valence-electron chi connectivity index (χ4n) is 3.94. The molecule has 0 saturated carbocycles. The number of piperidine rings is 1. The first-order chi connectivity index (χ1) is 12.6. The van der Waals surface area contributed by atoms with Crippen LogP contribution in [-0.4, -0.2) is 30.4 Å². The number of allylic oxidation sites excluding steroid dienone is 1. The van der Waals surface area contributed by atoms with E-state index in [1.165, 1.54) is 31.3 Å². The molecule has 1 aliphatic carbocycles. The molecule has 1 saturated heterocycles. The number of halogens is 2. The maximum Gasteiger partial charge on any atom is 0.224 e. The molecule has 1 aromatic carbocycles. The molecule has 1 aliphatic heterocycles. The minimum Gasteiger partial charge on any atom is -0.356 e. The van der Waals surface area contributed by atoms with Crippen molar-refractivity contribution in [3.8, 4) is 0 Å². The van der Waals surface area contributed by atoms with Crippen molar-refractivity contribution in [3.63, 3.8) is 0 Å². The van der Waals surface area contributed by atoms with Gasteiger partial charge in [0.15, 0.2) is 0 Å². The molecule has 1 aromatic rings. The van der Waals surface area contributed by atoms with E-state index in [-0.39, 0.29) is 11.8 Å². The number of benzene rings is 1. The summed E-state index contributed by atoms with van der Waals surface area (Å²) in [6.45, 7) is 3.22. The zero-order valence-electron chi connectivity index (χ0n) is 15.3. The van der Waals surface area contributed by atoms with Crippen LogP contribution in [0.5, 0.6) is 0 Å². The number of hydrogen-bond acceptors (Lipinski definition) is 2.